The van der Waals surface area contributed by atoms with Crippen LogP contribution in [0.5, 0.6) is 0 Å². The number of anilines is 1. The van der Waals surface area contributed by atoms with E-state index in [2.05, 4.69) is 9.97 Å². The molecular weight excluding hydrogens is 232 g/mol. The molecule has 0 unspecified atom stereocenters. The molecule has 0 bridgehead atoms. The van der Waals surface area contributed by atoms with Crippen molar-refractivity contribution in [3.63, 3.8) is 0 Å². The van der Waals surface area contributed by atoms with Gasteiger partial charge in [0, 0.05) is 52.0 Å². The van der Waals surface area contributed by atoms with Crippen LogP contribution in [0.25, 0.3) is 0 Å². The molecule has 1 aliphatic heterocycles. The third kappa shape index (κ3) is 2.75. The first-order valence-electron chi connectivity index (χ1n) is 5.87. The number of rotatable bonds is 3. The molecule has 2 heterocycles. The lowest BCUT2D eigenvalue weighted by Gasteiger charge is -2.35. The molecule has 0 radical (unpaired) electrons. The van der Waals surface area contributed by atoms with Crippen LogP contribution in [0.1, 0.15) is 18.5 Å². The fourth-order valence-corrected chi connectivity index (χ4v) is 2.11. The summed E-state index contributed by atoms with van der Waals surface area (Å²) in [5.74, 6) is 0.500. The van der Waals surface area contributed by atoms with Crippen LogP contribution in [0.3, 0.4) is 0 Å². The van der Waals surface area contributed by atoms with Crippen LogP contribution in [0, 0.1) is 11.3 Å². The molecule has 1 saturated heterocycles. The molecule has 0 aliphatic carbocycles. The lowest BCUT2D eigenvalue weighted by atomic mass is 9.94. The Labute approximate surface area is 106 Å². The predicted octanol–water partition coefficient (Wildman–Crippen LogP) is 0.326. The minimum atomic E-state index is -0.781. The number of aliphatic hydroxyl groups is 1. The zero-order valence-electron chi connectivity index (χ0n) is 10.3. The van der Waals surface area contributed by atoms with Crippen molar-refractivity contribution in [2.75, 3.05) is 31.7 Å². The number of nitrogens with zero attached hydrogens (tertiary/aromatic N) is 4. The van der Waals surface area contributed by atoms with Gasteiger partial charge >= 0.3 is 0 Å². The van der Waals surface area contributed by atoms with E-state index in [9.17, 15) is 5.11 Å². The summed E-state index contributed by atoms with van der Waals surface area (Å²) in [6.07, 6.45) is 4.22. The van der Waals surface area contributed by atoms with Gasteiger partial charge in [0.1, 0.15) is 6.07 Å². The Kier molecular flexibility index (Phi) is 3.75. The molecular formula is C12H16N4O2. The van der Waals surface area contributed by atoms with Gasteiger partial charge in [-0.25, -0.2) is 9.97 Å². The fourth-order valence-electron chi connectivity index (χ4n) is 2.11. The molecule has 96 valence electrons. The standard InChI is InChI=1S/C12H16N4O2/c1-16(9-12(17)2-6-18-7-3-12)11-10(8-13)14-4-5-15-11/h4-5,17H,2-3,6-7,9H2,1H3. The van der Waals surface area contributed by atoms with Gasteiger partial charge in [-0.2, -0.15) is 5.26 Å². The monoisotopic (exact) mass is 248 g/mol. The predicted molar refractivity (Wildman–Crippen MR) is 65.0 cm³/mol. The second kappa shape index (κ2) is 5.29. The van der Waals surface area contributed by atoms with Crippen molar-refractivity contribution >= 4 is 5.82 Å². The van der Waals surface area contributed by atoms with Crippen LogP contribution in [0.15, 0.2) is 12.4 Å². The smallest absolute Gasteiger partial charge is 0.183 e. The molecule has 1 aromatic heterocycles. The third-order valence-electron chi connectivity index (χ3n) is 3.10. The lowest BCUT2D eigenvalue weighted by Crippen LogP contribution is -2.46. The molecule has 6 heteroatoms. The van der Waals surface area contributed by atoms with Crippen LogP contribution in [0.4, 0.5) is 5.82 Å². The summed E-state index contributed by atoms with van der Waals surface area (Å²) in [5, 5.41) is 19.4. The second-order valence-corrected chi connectivity index (χ2v) is 4.53. The Morgan fingerprint density at radius 1 is 1.44 bits per heavy atom. The average Bonchev–Trinajstić information content (AvgIpc) is 2.39. The molecule has 2 rings (SSSR count). The van der Waals surface area contributed by atoms with Gasteiger partial charge in [-0.1, -0.05) is 0 Å². The van der Waals surface area contributed by atoms with Crippen molar-refractivity contribution in [1.82, 2.24) is 9.97 Å². The summed E-state index contributed by atoms with van der Waals surface area (Å²) in [6, 6.07) is 2.00. The molecule has 0 atom stereocenters. The van der Waals surface area contributed by atoms with Gasteiger partial charge in [0.25, 0.3) is 0 Å². The highest BCUT2D eigenvalue weighted by atomic mass is 16.5. The number of hydrogen-bond acceptors (Lipinski definition) is 6. The zero-order valence-corrected chi connectivity index (χ0v) is 10.3. The maximum absolute atomic E-state index is 10.4. The summed E-state index contributed by atoms with van der Waals surface area (Å²) in [6.45, 7) is 1.55. The third-order valence-corrected chi connectivity index (χ3v) is 3.10. The molecule has 1 fully saturated rings. The van der Waals surface area contributed by atoms with Crippen molar-refractivity contribution in [3.05, 3.63) is 18.1 Å². The van der Waals surface area contributed by atoms with E-state index in [0.717, 1.165) is 0 Å². The molecule has 1 N–H and O–H groups in total. The molecule has 0 saturated carbocycles. The molecule has 1 aliphatic rings. The summed E-state index contributed by atoms with van der Waals surface area (Å²) >= 11 is 0. The Balaban J connectivity index is 2.12. The molecule has 1 aromatic rings. The molecule has 0 amide bonds. The number of nitriles is 1. The summed E-state index contributed by atoms with van der Waals surface area (Å²) in [7, 11) is 1.80. The highest BCUT2D eigenvalue weighted by Crippen LogP contribution is 2.23. The van der Waals surface area contributed by atoms with Gasteiger partial charge in [0.15, 0.2) is 11.5 Å². The van der Waals surface area contributed by atoms with Gasteiger partial charge < -0.3 is 14.7 Å². The van der Waals surface area contributed by atoms with Crippen molar-refractivity contribution in [3.8, 4) is 6.07 Å². The summed E-state index contributed by atoms with van der Waals surface area (Å²) in [5.41, 5.74) is -0.507. The average molecular weight is 248 g/mol. The van der Waals surface area contributed by atoms with E-state index in [1.165, 1.54) is 6.20 Å². The van der Waals surface area contributed by atoms with Crippen molar-refractivity contribution in [1.29, 1.82) is 5.26 Å². The maximum atomic E-state index is 10.4. The van der Waals surface area contributed by atoms with Crippen LogP contribution in [-0.4, -0.2) is 47.5 Å². The highest BCUT2D eigenvalue weighted by Gasteiger charge is 2.32. The number of aromatic nitrogens is 2. The quantitative estimate of drug-likeness (QED) is 0.829. The van der Waals surface area contributed by atoms with Gasteiger partial charge in [-0.05, 0) is 0 Å². The topological polar surface area (TPSA) is 82.3 Å². The first kappa shape index (κ1) is 12.7. The van der Waals surface area contributed by atoms with Crippen molar-refractivity contribution in [2.24, 2.45) is 0 Å². The summed E-state index contributed by atoms with van der Waals surface area (Å²) in [4.78, 5) is 9.88. The van der Waals surface area contributed by atoms with E-state index < -0.39 is 5.60 Å². The molecule has 0 spiro atoms. The number of likely N-dealkylation sites (N-methyl/N-ethyl adjacent to an activating group) is 1. The number of hydrogen-bond donors (Lipinski definition) is 1. The Morgan fingerprint density at radius 2 is 2.11 bits per heavy atom. The van der Waals surface area contributed by atoms with Gasteiger partial charge in [-0.15, -0.1) is 0 Å². The van der Waals surface area contributed by atoms with Crippen LogP contribution in [0.2, 0.25) is 0 Å². The second-order valence-electron chi connectivity index (χ2n) is 4.53. The normalized spacial score (nSPS) is 18.1. The first-order chi connectivity index (χ1) is 8.64. The van der Waals surface area contributed by atoms with Gasteiger partial charge in [0.2, 0.25) is 0 Å². The molecule has 18 heavy (non-hydrogen) atoms. The van der Waals surface area contributed by atoms with Gasteiger partial charge in [0.05, 0.1) is 5.60 Å². The van der Waals surface area contributed by atoms with E-state index >= 15 is 0 Å². The fraction of sp³-hybridized carbons (Fsp3) is 0.583. The maximum Gasteiger partial charge on any atom is 0.183 e. The zero-order chi connectivity index (χ0) is 13.0. The van der Waals surface area contributed by atoms with E-state index in [-0.39, 0.29) is 5.69 Å². The SMILES string of the molecule is CN(CC1(O)CCOCC1)c1nccnc1C#N. The molecule has 6 nitrogen and oxygen atoms in total. The first-order valence-corrected chi connectivity index (χ1v) is 5.87. The minimum Gasteiger partial charge on any atom is -0.388 e. The van der Waals surface area contributed by atoms with E-state index in [4.69, 9.17) is 10.00 Å². The Morgan fingerprint density at radius 3 is 2.78 bits per heavy atom. The van der Waals surface area contributed by atoms with Crippen LogP contribution < -0.4 is 4.90 Å². The van der Waals surface area contributed by atoms with Crippen molar-refractivity contribution < 1.29 is 9.84 Å². The van der Waals surface area contributed by atoms with E-state index in [0.29, 0.717) is 38.4 Å². The van der Waals surface area contributed by atoms with Gasteiger partial charge in [-0.3, -0.25) is 0 Å². The summed E-state index contributed by atoms with van der Waals surface area (Å²) < 4.78 is 5.24. The van der Waals surface area contributed by atoms with Crippen molar-refractivity contribution in [2.45, 2.75) is 18.4 Å². The Hall–Kier alpha value is -1.71. The Bertz CT molecular complexity index is 452. The van der Waals surface area contributed by atoms with Crippen LogP contribution in [-0.2, 0) is 4.74 Å². The number of ether oxygens (including phenoxy) is 1. The molecule has 0 aromatic carbocycles. The van der Waals surface area contributed by atoms with Crippen LogP contribution >= 0.6 is 0 Å². The minimum absolute atomic E-state index is 0.274. The highest BCUT2D eigenvalue weighted by molar-refractivity contribution is 5.49. The van der Waals surface area contributed by atoms with E-state index in [1.807, 2.05) is 6.07 Å². The largest absolute Gasteiger partial charge is 0.388 e. The van der Waals surface area contributed by atoms with E-state index in [1.54, 1.807) is 18.1 Å². The lowest BCUT2D eigenvalue weighted by molar-refractivity contribution is -0.0573.